The average molecular weight is 612 g/mol. The van der Waals surface area contributed by atoms with Crippen molar-refractivity contribution in [3.05, 3.63) is 70.8 Å². The SMILES string of the molecule is CCCN(C(=O)C(CO)NC(=O)OC(C)(C)C)C(C(=O)NC(Cc1ccccc1)C(=O)OC(C)(C)C)c1cc(C)cc(C)c1. The third kappa shape index (κ3) is 11.6. The molecule has 3 N–H and O–H groups in total. The average Bonchev–Trinajstić information content (AvgIpc) is 2.89. The van der Waals surface area contributed by atoms with E-state index >= 15 is 0 Å². The summed E-state index contributed by atoms with van der Waals surface area (Å²) in [5.74, 6) is -1.88. The number of nitrogens with zero attached hydrogens (tertiary/aromatic N) is 1. The summed E-state index contributed by atoms with van der Waals surface area (Å²) in [6, 6.07) is 11.2. The maximum absolute atomic E-state index is 14.3. The highest BCUT2D eigenvalue weighted by Crippen LogP contribution is 2.26. The highest BCUT2D eigenvalue weighted by atomic mass is 16.6. The summed E-state index contributed by atoms with van der Waals surface area (Å²) in [6.45, 7) is 15.3. The van der Waals surface area contributed by atoms with Crippen molar-refractivity contribution in [2.45, 2.75) is 104 Å². The fraction of sp³-hybridized carbons (Fsp3) is 0.529. The van der Waals surface area contributed by atoms with Crippen LogP contribution in [0.5, 0.6) is 0 Å². The van der Waals surface area contributed by atoms with Crippen LogP contribution in [0.1, 0.15) is 83.2 Å². The van der Waals surface area contributed by atoms with Crippen LogP contribution in [-0.2, 0) is 30.3 Å². The molecular weight excluding hydrogens is 562 g/mol. The predicted molar refractivity (Wildman–Crippen MR) is 169 cm³/mol. The maximum Gasteiger partial charge on any atom is 0.408 e. The fourth-order valence-corrected chi connectivity index (χ4v) is 4.75. The molecular formula is C34H49N3O7. The second-order valence-corrected chi connectivity index (χ2v) is 13.0. The first kappa shape index (κ1) is 36.3. The van der Waals surface area contributed by atoms with Gasteiger partial charge in [-0.1, -0.05) is 66.6 Å². The van der Waals surface area contributed by atoms with E-state index < -0.39 is 59.8 Å². The van der Waals surface area contributed by atoms with Gasteiger partial charge in [-0.25, -0.2) is 9.59 Å². The Hall–Kier alpha value is -3.92. The number of carbonyl (C=O) groups excluding carboxylic acids is 4. The van der Waals surface area contributed by atoms with Crippen molar-refractivity contribution in [2.75, 3.05) is 13.2 Å². The zero-order valence-corrected chi connectivity index (χ0v) is 27.5. The van der Waals surface area contributed by atoms with Crippen LogP contribution >= 0.6 is 0 Å². The Labute approximate surface area is 261 Å². The summed E-state index contributed by atoms with van der Waals surface area (Å²) < 4.78 is 11.0. The Kier molecular flexibility index (Phi) is 12.9. The lowest BCUT2D eigenvalue weighted by molar-refractivity contribution is -0.159. The molecule has 0 saturated carbocycles. The number of aryl methyl sites for hydroxylation is 2. The van der Waals surface area contributed by atoms with E-state index in [9.17, 15) is 24.3 Å². The van der Waals surface area contributed by atoms with Gasteiger partial charge in [-0.15, -0.1) is 0 Å². The Morgan fingerprint density at radius 1 is 0.841 bits per heavy atom. The third-order valence-corrected chi connectivity index (χ3v) is 6.33. The molecule has 2 aromatic carbocycles. The van der Waals surface area contributed by atoms with E-state index in [-0.39, 0.29) is 13.0 Å². The molecule has 0 heterocycles. The highest BCUT2D eigenvalue weighted by Gasteiger charge is 2.38. The molecule has 0 saturated heterocycles. The van der Waals surface area contributed by atoms with Crippen LogP contribution in [0.15, 0.2) is 48.5 Å². The molecule has 10 nitrogen and oxygen atoms in total. The van der Waals surface area contributed by atoms with Gasteiger partial charge < -0.3 is 30.1 Å². The van der Waals surface area contributed by atoms with Crippen LogP contribution < -0.4 is 10.6 Å². The van der Waals surface area contributed by atoms with Gasteiger partial charge in [0, 0.05) is 13.0 Å². The lowest BCUT2D eigenvalue weighted by atomic mass is 9.97. The van der Waals surface area contributed by atoms with Gasteiger partial charge in [-0.3, -0.25) is 9.59 Å². The van der Waals surface area contributed by atoms with Gasteiger partial charge in [0.25, 0.3) is 0 Å². The smallest absolute Gasteiger partial charge is 0.408 e. The summed E-state index contributed by atoms with van der Waals surface area (Å²) in [7, 11) is 0. The molecule has 0 aliphatic heterocycles. The van der Waals surface area contributed by atoms with Crippen molar-refractivity contribution >= 4 is 23.9 Å². The minimum absolute atomic E-state index is 0.131. The molecule has 3 amide bonds. The molecule has 10 heteroatoms. The van der Waals surface area contributed by atoms with Crippen LogP contribution in [0.25, 0.3) is 0 Å². The molecule has 242 valence electrons. The number of hydrogen-bond acceptors (Lipinski definition) is 7. The molecule has 0 aromatic heterocycles. The third-order valence-electron chi connectivity index (χ3n) is 6.33. The number of hydrogen-bond donors (Lipinski definition) is 3. The molecule has 3 atom stereocenters. The Morgan fingerprint density at radius 3 is 1.91 bits per heavy atom. The number of benzene rings is 2. The number of aliphatic hydroxyl groups excluding tert-OH is 1. The number of amides is 3. The molecule has 0 aliphatic carbocycles. The van der Waals surface area contributed by atoms with Crippen molar-refractivity contribution in [2.24, 2.45) is 0 Å². The second kappa shape index (κ2) is 15.7. The zero-order valence-electron chi connectivity index (χ0n) is 27.5. The first-order chi connectivity index (χ1) is 20.4. The molecule has 0 bridgehead atoms. The van der Waals surface area contributed by atoms with E-state index in [0.717, 1.165) is 16.7 Å². The number of aliphatic hydroxyl groups is 1. The van der Waals surface area contributed by atoms with Gasteiger partial charge in [0.2, 0.25) is 11.8 Å². The summed E-state index contributed by atoms with van der Waals surface area (Å²) in [6.07, 6.45) is -0.228. The molecule has 2 rings (SSSR count). The van der Waals surface area contributed by atoms with Crippen LogP contribution in [0.2, 0.25) is 0 Å². The van der Waals surface area contributed by atoms with E-state index in [1.165, 1.54) is 4.90 Å². The number of alkyl carbamates (subject to hydrolysis) is 1. The molecule has 0 aliphatic rings. The number of ether oxygens (including phenoxy) is 2. The first-order valence-corrected chi connectivity index (χ1v) is 15.0. The summed E-state index contributed by atoms with van der Waals surface area (Å²) in [4.78, 5) is 55.5. The lowest BCUT2D eigenvalue weighted by Gasteiger charge is -2.35. The number of esters is 1. The van der Waals surface area contributed by atoms with Gasteiger partial charge >= 0.3 is 12.1 Å². The quantitative estimate of drug-likeness (QED) is 0.300. The van der Waals surface area contributed by atoms with Gasteiger partial charge in [-0.05, 0) is 72.9 Å². The van der Waals surface area contributed by atoms with E-state index in [2.05, 4.69) is 10.6 Å². The van der Waals surface area contributed by atoms with Crippen LogP contribution in [0.3, 0.4) is 0 Å². The first-order valence-electron chi connectivity index (χ1n) is 15.0. The van der Waals surface area contributed by atoms with Gasteiger partial charge in [0.05, 0.1) is 6.61 Å². The van der Waals surface area contributed by atoms with Crippen LogP contribution in [0, 0.1) is 13.8 Å². The number of carbonyl (C=O) groups is 4. The largest absolute Gasteiger partial charge is 0.458 e. The Bertz CT molecular complexity index is 1260. The summed E-state index contributed by atoms with van der Waals surface area (Å²) in [5.41, 5.74) is 1.47. The minimum atomic E-state index is -1.37. The van der Waals surface area contributed by atoms with Gasteiger partial charge in [0.15, 0.2) is 0 Å². The van der Waals surface area contributed by atoms with Crippen molar-refractivity contribution < 1.29 is 33.8 Å². The maximum atomic E-state index is 14.3. The standard InChI is InChI=1S/C34H49N3O7/c1-10-16-37(30(40)27(21-38)36-32(42)44-34(7,8)9)28(25-18-22(2)17-23(3)19-25)29(39)35-26(31(41)43-33(4,5)6)20-24-14-12-11-13-15-24/h11-15,17-19,26-28,38H,10,16,20-21H2,1-9H3,(H,35,39)(H,36,42). The normalized spacial score (nSPS) is 13.7. The van der Waals surface area contributed by atoms with Gasteiger partial charge in [-0.2, -0.15) is 0 Å². The molecule has 0 radical (unpaired) electrons. The molecule has 3 unspecified atom stereocenters. The van der Waals surface area contributed by atoms with Crippen molar-refractivity contribution in [3.63, 3.8) is 0 Å². The van der Waals surface area contributed by atoms with Crippen LogP contribution in [-0.4, -0.2) is 70.3 Å². The fourth-order valence-electron chi connectivity index (χ4n) is 4.75. The Morgan fingerprint density at radius 2 is 1.41 bits per heavy atom. The van der Waals surface area contributed by atoms with Crippen LogP contribution in [0.4, 0.5) is 4.79 Å². The van der Waals surface area contributed by atoms with Crippen molar-refractivity contribution in [3.8, 4) is 0 Å². The van der Waals surface area contributed by atoms with Crippen molar-refractivity contribution in [1.82, 2.24) is 15.5 Å². The summed E-state index contributed by atoms with van der Waals surface area (Å²) in [5, 5.41) is 15.5. The van der Waals surface area contributed by atoms with E-state index in [0.29, 0.717) is 12.0 Å². The molecule has 2 aromatic rings. The number of rotatable bonds is 12. The minimum Gasteiger partial charge on any atom is -0.458 e. The second-order valence-electron chi connectivity index (χ2n) is 13.0. The van der Waals surface area contributed by atoms with Crippen molar-refractivity contribution in [1.29, 1.82) is 0 Å². The Balaban J connectivity index is 2.57. The molecule has 0 spiro atoms. The van der Waals surface area contributed by atoms with E-state index in [4.69, 9.17) is 9.47 Å². The zero-order chi connectivity index (χ0) is 33.2. The molecule has 0 fully saturated rings. The molecule has 44 heavy (non-hydrogen) atoms. The van der Waals surface area contributed by atoms with E-state index in [1.807, 2.05) is 69.3 Å². The lowest BCUT2D eigenvalue weighted by Crippen LogP contribution is -2.56. The number of nitrogens with one attached hydrogen (secondary N) is 2. The van der Waals surface area contributed by atoms with E-state index in [1.54, 1.807) is 41.5 Å². The topological polar surface area (TPSA) is 134 Å². The monoisotopic (exact) mass is 611 g/mol. The summed E-state index contributed by atoms with van der Waals surface area (Å²) >= 11 is 0. The highest BCUT2D eigenvalue weighted by molar-refractivity contribution is 5.94. The predicted octanol–water partition coefficient (Wildman–Crippen LogP) is 4.54. The van der Waals surface area contributed by atoms with Gasteiger partial charge in [0.1, 0.15) is 29.3 Å².